The van der Waals surface area contributed by atoms with Crippen molar-refractivity contribution in [1.82, 2.24) is 15.1 Å². The fourth-order valence-electron chi connectivity index (χ4n) is 3.33. The van der Waals surface area contributed by atoms with E-state index in [9.17, 15) is 4.79 Å². The van der Waals surface area contributed by atoms with Gasteiger partial charge in [-0.3, -0.25) is 9.69 Å². The molecule has 0 aromatic carbocycles. The first kappa shape index (κ1) is 15.8. The Morgan fingerprint density at radius 2 is 1.90 bits per heavy atom. The Morgan fingerprint density at radius 1 is 1.20 bits per heavy atom. The van der Waals surface area contributed by atoms with Gasteiger partial charge in [-0.1, -0.05) is 19.3 Å². The Bertz CT molecular complexity index is 294. The summed E-state index contributed by atoms with van der Waals surface area (Å²) >= 11 is 0. The molecular weight excluding hydrogens is 250 g/mol. The van der Waals surface area contributed by atoms with Crippen LogP contribution in [-0.2, 0) is 4.79 Å². The largest absolute Gasteiger partial charge is 0.341 e. The monoisotopic (exact) mass is 281 g/mol. The third kappa shape index (κ3) is 4.45. The molecule has 2 unspecified atom stereocenters. The second-order valence-electron chi connectivity index (χ2n) is 6.50. The zero-order chi connectivity index (χ0) is 14.4. The van der Waals surface area contributed by atoms with Gasteiger partial charge in [-0.15, -0.1) is 0 Å². The Balaban J connectivity index is 1.81. The second kappa shape index (κ2) is 7.99. The first-order chi connectivity index (χ1) is 9.68. The molecule has 0 radical (unpaired) electrons. The minimum absolute atomic E-state index is 0.0110. The molecule has 1 N–H and O–H groups in total. The standard InChI is InChI=1S/C16H31N3O/c1-14(16(20)19-11-7-3-4-8-12-19)18(2)13-15-9-5-6-10-17-15/h14-15,17H,3-13H2,1-2H3. The molecule has 2 saturated heterocycles. The van der Waals surface area contributed by atoms with Crippen LogP contribution in [0.5, 0.6) is 0 Å². The van der Waals surface area contributed by atoms with E-state index in [4.69, 9.17) is 0 Å². The van der Waals surface area contributed by atoms with Gasteiger partial charge in [0.05, 0.1) is 6.04 Å². The van der Waals surface area contributed by atoms with Crippen LogP contribution >= 0.6 is 0 Å². The lowest BCUT2D eigenvalue weighted by atomic mass is 10.0. The molecule has 0 aromatic rings. The molecule has 0 saturated carbocycles. The number of piperidine rings is 1. The van der Waals surface area contributed by atoms with Gasteiger partial charge in [0, 0.05) is 25.7 Å². The average molecular weight is 281 g/mol. The Morgan fingerprint density at radius 3 is 2.50 bits per heavy atom. The number of nitrogens with one attached hydrogen (secondary N) is 1. The summed E-state index contributed by atoms with van der Waals surface area (Å²) in [5, 5.41) is 3.57. The van der Waals surface area contributed by atoms with Crippen molar-refractivity contribution in [2.24, 2.45) is 0 Å². The van der Waals surface area contributed by atoms with E-state index in [1.165, 1.54) is 44.9 Å². The van der Waals surface area contributed by atoms with Crippen molar-refractivity contribution in [3.05, 3.63) is 0 Å². The maximum atomic E-state index is 12.6. The Labute approximate surface area is 123 Å². The highest BCUT2D eigenvalue weighted by Gasteiger charge is 2.26. The highest BCUT2D eigenvalue weighted by molar-refractivity contribution is 5.81. The van der Waals surface area contributed by atoms with Crippen molar-refractivity contribution in [3.63, 3.8) is 0 Å². The van der Waals surface area contributed by atoms with Crippen LogP contribution in [0.1, 0.15) is 51.9 Å². The fourth-order valence-corrected chi connectivity index (χ4v) is 3.33. The summed E-state index contributed by atoms with van der Waals surface area (Å²) in [7, 11) is 2.09. The van der Waals surface area contributed by atoms with E-state index in [0.717, 1.165) is 26.2 Å². The lowest BCUT2D eigenvalue weighted by Gasteiger charge is -2.33. The van der Waals surface area contributed by atoms with Gasteiger partial charge in [0.15, 0.2) is 0 Å². The van der Waals surface area contributed by atoms with E-state index in [-0.39, 0.29) is 6.04 Å². The zero-order valence-electron chi connectivity index (χ0n) is 13.2. The van der Waals surface area contributed by atoms with Crippen LogP contribution in [-0.4, -0.2) is 61.0 Å². The first-order valence-electron chi connectivity index (χ1n) is 8.41. The fraction of sp³-hybridized carbons (Fsp3) is 0.938. The normalized spacial score (nSPS) is 26.4. The van der Waals surface area contributed by atoms with E-state index >= 15 is 0 Å². The van der Waals surface area contributed by atoms with Crippen molar-refractivity contribution >= 4 is 5.91 Å². The van der Waals surface area contributed by atoms with Crippen molar-refractivity contribution in [1.29, 1.82) is 0 Å². The molecule has 20 heavy (non-hydrogen) atoms. The molecule has 116 valence electrons. The molecule has 2 fully saturated rings. The van der Waals surface area contributed by atoms with Gasteiger partial charge in [-0.25, -0.2) is 0 Å². The number of likely N-dealkylation sites (tertiary alicyclic amines) is 1. The molecule has 2 aliphatic rings. The van der Waals surface area contributed by atoms with Gasteiger partial charge in [0.25, 0.3) is 0 Å². The van der Waals surface area contributed by atoms with Crippen molar-refractivity contribution in [3.8, 4) is 0 Å². The number of amides is 1. The zero-order valence-corrected chi connectivity index (χ0v) is 13.2. The molecule has 0 aliphatic carbocycles. The third-order valence-corrected chi connectivity index (χ3v) is 4.86. The summed E-state index contributed by atoms with van der Waals surface area (Å²) in [6.07, 6.45) is 8.76. The van der Waals surface area contributed by atoms with E-state index in [2.05, 4.69) is 29.1 Å². The second-order valence-corrected chi connectivity index (χ2v) is 6.50. The summed E-state index contributed by atoms with van der Waals surface area (Å²) in [6, 6.07) is 0.574. The minimum Gasteiger partial charge on any atom is -0.341 e. The lowest BCUT2D eigenvalue weighted by molar-refractivity contribution is -0.136. The van der Waals surface area contributed by atoms with E-state index in [1.807, 2.05) is 0 Å². The quantitative estimate of drug-likeness (QED) is 0.854. The highest BCUT2D eigenvalue weighted by atomic mass is 16.2. The predicted molar refractivity (Wildman–Crippen MR) is 82.8 cm³/mol. The molecule has 2 rings (SSSR count). The number of likely N-dealkylation sites (N-methyl/N-ethyl adjacent to an activating group) is 1. The summed E-state index contributed by atoms with van der Waals surface area (Å²) in [5.41, 5.74) is 0. The third-order valence-electron chi connectivity index (χ3n) is 4.86. The molecule has 1 amide bonds. The van der Waals surface area contributed by atoms with Gasteiger partial charge >= 0.3 is 0 Å². The Kier molecular flexibility index (Phi) is 6.30. The number of carbonyl (C=O) groups is 1. The highest BCUT2D eigenvalue weighted by Crippen LogP contribution is 2.14. The topological polar surface area (TPSA) is 35.6 Å². The van der Waals surface area contributed by atoms with Gasteiger partial charge in [0.2, 0.25) is 5.91 Å². The molecule has 2 heterocycles. The van der Waals surface area contributed by atoms with Crippen molar-refractivity contribution in [2.45, 2.75) is 64.0 Å². The van der Waals surface area contributed by atoms with Gasteiger partial charge < -0.3 is 10.2 Å². The SMILES string of the molecule is CC(C(=O)N1CCCCCC1)N(C)CC1CCCCN1. The van der Waals surface area contributed by atoms with Crippen LogP contribution in [0.3, 0.4) is 0 Å². The van der Waals surface area contributed by atoms with Gasteiger partial charge in [-0.2, -0.15) is 0 Å². The number of hydrogen-bond acceptors (Lipinski definition) is 3. The smallest absolute Gasteiger partial charge is 0.239 e. The molecule has 2 atom stereocenters. The van der Waals surface area contributed by atoms with E-state index < -0.39 is 0 Å². The first-order valence-corrected chi connectivity index (χ1v) is 8.41. The summed E-state index contributed by atoms with van der Waals surface area (Å²) in [4.78, 5) is 16.9. The van der Waals surface area contributed by atoms with Crippen LogP contribution in [0, 0.1) is 0 Å². The maximum Gasteiger partial charge on any atom is 0.239 e. The molecule has 4 heteroatoms. The minimum atomic E-state index is 0.0110. The lowest BCUT2D eigenvalue weighted by Crippen LogP contribution is -2.50. The number of rotatable bonds is 4. The molecule has 4 nitrogen and oxygen atoms in total. The molecular formula is C16H31N3O. The van der Waals surface area contributed by atoms with Crippen molar-refractivity contribution < 1.29 is 4.79 Å². The van der Waals surface area contributed by atoms with Crippen LogP contribution in [0.4, 0.5) is 0 Å². The molecule has 2 aliphatic heterocycles. The molecule has 0 aromatic heterocycles. The van der Waals surface area contributed by atoms with Crippen LogP contribution in [0.25, 0.3) is 0 Å². The van der Waals surface area contributed by atoms with E-state index in [1.54, 1.807) is 0 Å². The Hall–Kier alpha value is -0.610. The summed E-state index contributed by atoms with van der Waals surface area (Å²) in [5.74, 6) is 0.324. The van der Waals surface area contributed by atoms with Gasteiger partial charge in [0.1, 0.15) is 0 Å². The predicted octanol–water partition coefficient (Wildman–Crippen LogP) is 1.85. The van der Waals surface area contributed by atoms with E-state index in [0.29, 0.717) is 11.9 Å². The summed E-state index contributed by atoms with van der Waals surface area (Å²) < 4.78 is 0. The van der Waals surface area contributed by atoms with Crippen LogP contribution < -0.4 is 5.32 Å². The molecule has 0 bridgehead atoms. The van der Waals surface area contributed by atoms with Crippen LogP contribution in [0.15, 0.2) is 0 Å². The van der Waals surface area contributed by atoms with Crippen LogP contribution in [0.2, 0.25) is 0 Å². The summed E-state index contributed by atoms with van der Waals surface area (Å²) in [6.45, 7) is 6.10. The average Bonchev–Trinajstić information content (AvgIpc) is 2.75. The number of hydrogen-bond donors (Lipinski definition) is 1. The maximum absolute atomic E-state index is 12.6. The number of nitrogens with zero attached hydrogens (tertiary/aromatic N) is 2. The van der Waals surface area contributed by atoms with Crippen molar-refractivity contribution in [2.75, 3.05) is 33.2 Å². The molecule has 0 spiro atoms. The number of carbonyl (C=O) groups excluding carboxylic acids is 1. The van der Waals surface area contributed by atoms with Gasteiger partial charge in [-0.05, 0) is 46.2 Å².